The monoisotopic (exact) mass is 361 g/mol. The van der Waals surface area contributed by atoms with Crippen LogP contribution in [-0.2, 0) is 16.0 Å². The SMILES string of the molecule is C=CCc1ccc(OCC(=O)N[C@H]2CCCCC[C@H]2C(=O)O)c(OC)c1. The Kier molecular flexibility index (Phi) is 7.51. The second-order valence-electron chi connectivity index (χ2n) is 6.52. The molecule has 142 valence electrons. The van der Waals surface area contributed by atoms with Crippen molar-refractivity contribution >= 4 is 11.9 Å². The van der Waals surface area contributed by atoms with Gasteiger partial charge >= 0.3 is 5.97 Å². The Morgan fingerprint density at radius 3 is 2.73 bits per heavy atom. The summed E-state index contributed by atoms with van der Waals surface area (Å²) in [6.07, 6.45) is 6.61. The highest BCUT2D eigenvalue weighted by molar-refractivity contribution is 5.79. The summed E-state index contributed by atoms with van der Waals surface area (Å²) in [6.45, 7) is 3.53. The van der Waals surface area contributed by atoms with E-state index < -0.39 is 11.9 Å². The molecule has 6 nitrogen and oxygen atoms in total. The molecule has 6 heteroatoms. The van der Waals surface area contributed by atoms with Gasteiger partial charge in [0, 0.05) is 6.04 Å². The van der Waals surface area contributed by atoms with E-state index in [1.807, 2.05) is 12.1 Å². The van der Waals surface area contributed by atoms with E-state index in [-0.39, 0.29) is 18.6 Å². The first kappa shape index (κ1) is 19.8. The number of allylic oxidation sites excluding steroid dienone is 1. The van der Waals surface area contributed by atoms with E-state index in [1.165, 1.54) is 0 Å². The number of hydrogen-bond acceptors (Lipinski definition) is 4. The smallest absolute Gasteiger partial charge is 0.308 e. The molecular weight excluding hydrogens is 334 g/mol. The van der Waals surface area contributed by atoms with Crippen molar-refractivity contribution in [1.82, 2.24) is 5.32 Å². The largest absolute Gasteiger partial charge is 0.493 e. The summed E-state index contributed by atoms with van der Waals surface area (Å²) in [4.78, 5) is 23.7. The van der Waals surface area contributed by atoms with Gasteiger partial charge in [-0.05, 0) is 37.0 Å². The van der Waals surface area contributed by atoms with Crippen molar-refractivity contribution < 1.29 is 24.2 Å². The molecule has 0 saturated heterocycles. The highest BCUT2D eigenvalue weighted by atomic mass is 16.5. The number of hydrogen-bond donors (Lipinski definition) is 2. The van der Waals surface area contributed by atoms with Crippen LogP contribution in [0.4, 0.5) is 0 Å². The molecule has 2 rings (SSSR count). The maximum absolute atomic E-state index is 12.3. The summed E-state index contributed by atoms with van der Waals surface area (Å²) in [6, 6.07) is 5.16. The minimum Gasteiger partial charge on any atom is -0.493 e. The summed E-state index contributed by atoms with van der Waals surface area (Å²) in [5, 5.41) is 12.2. The van der Waals surface area contributed by atoms with Gasteiger partial charge in [-0.2, -0.15) is 0 Å². The standard InChI is InChI=1S/C20H27NO5/c1-3-7-14-10-11-17(18(12-14)25-2)26-13-19(22)21-16-9-6-4-5-8-15(16)20(23)24/h3,10-12,15-16H,1,4-9,13H2,2H3,(H,21,22)(H,23,24)/t15-,16+/m1/s1. The number of carboxylic acid groups (broad SMARTS) is 1. The fourth-order valence-electron chi connectivity index (χ4n) is 3.29. The van der Waals surface area contributed by atoms with E-state index >= 15 is 0 Å². The molecule has 26 heavy (non-hydrogen) atoms. The average molecular weight is 361 g/mol. The molecule has 0 unspecified atom stereocenters. The first-order chi connectivity index (χ1) is 12.5. The number of ether oxygens (including phenoxy) is 2. The quantitative estimate of drug-likeness (QED) is 0.549. The van der Waals surface area contributed by atoms with Crippen molar-refractivity contribution in [3.05, 3.63) is 36.4 Å². The van der Waals surface area contributed by atoms with Crippen molar-refractivity contribution in [3.8, 4) is 11.5 Å². The van der Waals surface area contributed by atoms with Crippen molar-refractivity contribution in [1.29, 1.82) is 0 Å². The molecule has 1 saturated carbocycles. The minimum absolute atomic E-state index is 0.181. The molecular formula is C20H27NO5. The first-order valence-corrected chi connectivity index (χ1v) is 8.98. The molecule has 0 spiro atoms. The van der Waals surface area contributed by atoms with Gasteiger partial charge < -0.3 is 19.9 Å². The average Bonchev–Trinajstić information content (AvgIpc) is 2.86. The van der Waals surface area contributed by atoms with Gasteiger partial charge in [-0.1, -0.05) is 31.4 Å². The molecule has 0 heterocycles. The molecule has 1 aromatic rings. The van der Waals surface area contributed by atoms with E-state index in [4.69, 9.17) is 9.47 Å². The molecule has 1 amide bonds. The zero-order chi connectivity index (χ0) is 18.9. The predicted octanol–water partition coefficient (Wildman–Crippen LogP) is 2.95. The minimum atomic E-state index is -0.849. The molecule has 2 N–H and O–H groups in total. The fourth-order valence-corrected chi connectivity index (χ4v) is 3.29. The Bertz CT molecular complexity index is 643. The normalized spacial score (nSPS) is 19.9. The molecule has 1 aliphatic rings. The Morgan fingerprint density at radius 1 is 1.27 bits per heavy atom. The van der Waals surface area contributed by atoms with Crippen molar-refractivity contribution in [2.45, 2.75) is 44.6 Å². The van der Waals surface area contributed by atoms with E-state index in [2.05, 4.69) is 11.9 Å². The zero-order valence-electron chi connectivity index (χ0n) is 15.2. The van der Waals surface area contributed by atoms with Crippen molar-refractivity contribution in [2.75, 3.05) is 13.7 Å². The Labute approximate surface area is 154 Å². The second-order valence-corrected chi connectivity index (χ2v) is 6.52. The Balaban J connectivity index is 1.95. The summed E-state index contributed by atoms with van der Waals surface area (Å²) in [5.41, 5.74) is 1.04. The van der Waals surface area contributed by atoms with E-state index in [0.717, 1.165) is 31.2 Å². The van der Waals surface area contributed by atoms with Crippen LogP contribution >= 0.6 is 0 Å². The van der Waals surface area contributed by atoms with E-state index in [9.17, 15) is 14.7 Å². The van der Waals surface area contributed by atoms with E-state index in [0.29, 0.717) is 24.3 Å². The summed E-state index contributed by atoms with van der Waals surface area (Å²) >= 11 is 0. The number of methoxy groups -OCH3 is 1. The number of amides is 1. The van der Waals surface area contributed by atoms with Crippen LogP contribution < -0.4 is 14.8 Å². The maximum atomic E-state index is 12.3. The van der Waals surface area contributed by atoms with Crippen LogP contribution in [-0.4, -0.2) is 36.7 Å². The lowest BCUT2D eigenvalue weighted by molar-refractivity contribution is -0.143. The van der Waals surface area contributed by atoms with Crippen LogP contribution in [0.25, 0.3) is 0 Å². The van der Waals surface area contributed by atoms with Gasteiger partial charge in [0.05, 0.1) is 13.0 Å². The van der Waals surface area contributed by atoms with Gasteiger partial charge in [-0.15, -0.1) is 6.58 Å². The number of aliphatic carboxylic acids is 1. The first-order valence-electron chi connectivity index (χ1n) is 8.98. The number of benzene rings is 1. The van der Waals surface area contributed by atoms with Crippen LogP contribution in [0.15, 0.2) is 30.9 Å². The lowest BCUT2D eigenvalue weighted by Crippen LogP contribution is -2.44. The van der Waals surface area contributed by atoms with Crippen LogP contribution in [0, 0.1) is 5.92 Å². The van der Waals surface area contributed by atoms with Crippen molar-refractivity contribution in [2.24, 2.45) is 5.92 Å². The molecule has 1 aliphatic carbocycles. The molecule has 0 bridgehead atoms. The van der Waals surface area contributed by atoms with Gasteiger partial charge in [0.25, 0.3) is 5.91 Å². The molecule has 0 radical (unpaired) electrons. The molecule has 0 aliphatic heterocycles. The van der Waals surface area contributed by atoms with Gasteiger partial charge in [-0.3, -0.25) is 9.59 Å². The van der Waals surface area contributed by atoms with Crippen molar-refractivity contribution in [3.63, 3.8) is 0 Å². The number of carbonyl (C=O) groups is 2. The van der Waals surface area contributed by atoms with Crippen LogP contribution in [0.5, 0.6) is 11.5 Å². The van der Waals surface area contributed by atoms with Gasteiger partial charge in [0.1, 0.15) is 0 Å². The Hall–Kier alpha value is -2.50. The highest BCUT2D eigenvalue weighted by Crippen LogP contribution is 2.28. The maximum Gasteiger partial charge on any atom is 0.308 e. The molecule has 0 aromatic heterocycles. The van der Waals surface area contributed by atoms with Crippen LogP contribution in [0.1, 0.15) is 37.7 Å². The number of nitrogens with one attached hydrogen (secondary N) is 1. The summed E-state index contributed by atoms with van der Waals surface area (Å²) in [5.74, 6) is -0.673. The highest BCUT2D eigenvalue weighted by Gasteiger charge is 2.30. The Morgan fingerprint density at radius 2 is 2.04 bits per heavy atom. The summed E-state index contributed by atoms with van der Waals surface area (Å²) < 4.78 is 10.9. The number of carboxylic acids is 1. The topological polar surface area (TPSA) is 84.9 Å². The van der Waals surface area contributed by atoms with Gasteiger partial charge in [0.15, 0.2) is 18.1 Å². The lowest BCUT2D eigenvalue weighted by Gasteiger charge is -2.23. The third-order valence-corrected chi connectivity index (χ3v) is 4.65. The van der Waals surface area contributed by atoms with Gasteiger partial charge in [0.2, 0.25) is 0 Å². The summed E-state index contributed by atoms with van der Waals surface area (Å²) in [7, 11) is 1.54. The fraction of sp³-hybridized carbons (Fsp3) is 0.500. The predicted molar refractivity (Wildman–Crippen MR) is 98.5 cm³/mol. The third kappa shape index (κ3) is 5.51. The zero-order valence-corrected chi connectivity index (χ0v) is 15.2. The van der Waals surface area contributed by atoms with Gasteiger partial charge in [-0.25, -0.2) is 0 Å². The number of rotatable bonds is 8. The molecule has 1 aromatic carbocycles. The second kappa shape index (κ2) is 9.85. The molecule has 2 atom stereocenters. The third-order valence-electron chi connectivity index (χ3n) is 4.65. The van der Waals surface area contributed by atoms with Crippen LogP contribution in [0.2, 0.25) is 0 Å². The van der Waals surface area contributed by atoms with Crippen LogP contribution in [0.3, 0.4) is 0 Å². The lowest BCUT2D eigenvalue weighted by atomic mass is 9.95. The number of carbonyl (C=O) groups excluding carboxylic acids is 1. The molecule has 1 fully saturated rings. The van der Waals surface area contributed by atoms with E-state index in [1.54, 1.807) is 19.3 Å².